The van der Waals surface area contributed by atoms with Gasteiger partial charge < -0.3 is 10.6 Å². The van der Waals surface area contributed by atoms with Gasteiger partial charge in [-0.15, -0.1) is 0 Å². The molecule has 1 aromatic carbocycles. The maximum Gasteiger partial charge on any atom is 0.224 e. The van der Waals surface area contributed by atoms with Crippen LogP contribution in [0.15, 0.2) is 24.3 Å². The van der Waals surface area contributed by atoms with E-state index in [0.29, 0.717) is 12.5 Å². The highest BCUT2D eigenvalue weighted by Gasteiger charge is 2.20. The summed E-state index contributed by atoms with van der Waals surface area (Å²) in [7, 11) is 0. The molecule has 104 valence electrons. The van der Waals surface area contributed by atoms with Crippen LogP contribution in [0.5, 0.6) is 0 Å². The molecule has 3 heteroatoms. The quantitative estimate of drug-likeness (QED) is 0.873. The Labute approximate surface area is 115 Å². The molecule has 3 nitrogen and oxygen atoms in total. The summed E-state index contributed by atoms with van der Waals surface area (Å²) in [6.45, 7) is 6.87. The van der Waals surface area contributed by atoms with E-state index in [1.165, 1.54) is 11.1 Å². The van der Waals surface area contributed by atoms with Crippen molar-refractivity contribution in [1.29, 1.82) is 0 Å². The zero-order valence-electron chi connectivity index (χ0n) is 11.9. The minimum absolute atomic E-state index is 0.142. The van der Waals surface area contributed by atoms with Crippen LogP contribution < -0.4 is 10.6 Å². The second-order valence-corrected chi connectivity index (χ2v) is 5.66. The summed E-state index contributed by atoms with van der Waals surface area (Å²) in [5, 5.41) is 6.31. The summed E-state index contributed by atoms with van der Waals surface area (Å²) in [5.74, 6) is 0.876. The molecule has 1 aliphatic rings. The SMILES string of the molecule is CC(C)c1ccc(CNC(=O)[C@H]2CCCNC2)cc1. The topological polar surface area (TPSA) is 41.1 Å². The number of carbonyl (C=O) groups excluding carboxylic acids is 1. The second-order valence-electron chi connectivity index (χ2n) is 5.66. The van der Waals surface area contributed by atoms with Crippen LogP contribution in [0.3, 0.4) is 0 Å². The normalized spacial score (nSPS) is 19.4. The van der Waals surface area contributed by atoms with Crippen molar-refractivity contribution in [2.24, 2.45) is 5.92 Å². The summed E-state index contributed by atoms with van der Waals surface area (Å²) >= 11 is 0. The third-order valence-electron chi connectivity index (χ3n) is 3.78. The maximum atomic E-state index is 12.0. The fraction of sp³-hybridized carbons (Fsp3) is 0.562. The number of hydrogen-bond acceptors (Lipinski definition) is 2. The molecule has 0 spiro atoms. The van der Waals surface area contributed by atoms with E-state index in [2.05, 4.69) is 48.7 Å². The number of amides is 1. The fourth-order valence-electron chi connectivity index (χ4n) is 2.43. The molecule has 2 rings (SSSR count). The van der Waals surface area contributed by atoms with Crippen LogP contribution in [0.2, 0.25) is 0 Å². The molecule has 1 atom stereocenters. The molecule has 0 aliphatic carbocycles. The first-order chi connectivity index (χ1) is 9.16. The smallest absolute Gasteiger partial charge is 0.224 e. The molecule has 2 N–H and O–H groups in total. The van der Waals surface area contributed by atoms with Crippen LogP contribution >= 0.6 is 0 Å². The summed E-state index contributed by atoms with van der Waals surface area (Å²) < 4.78 is 0. The highest BCUT2D eigenvalue weighted by molar-refractivity contribution is 5.78. The minimum atomic E-state index is 0.142. The number of carbonyl (C=O) groups is 1. The maximum absolute atomic E-state index is 12.0. The van der Waals surface area contributed by atoms with Gasteiger partial charge in [-0.1, -0.05) is 38.1 Å². The lowest BCUT2D eigenvalue weighted by atomic mass is 9.98. The van der Waals surface area contributed by atoms with Crippen molar-refractivity contribution in [3.8, 4) is 0 Å². The van der Waals surface area contributed by atoms with Crippen LogP contribution in [0, 0.1) is 5.92 Å². The molecule has 1 aliphatic heterocycles. The molecule has 0 bridgehead atoms. The van der Waals surface area contributed by atoms with Crippen molar-refractivity contribution in [1.82, 2.24) is 10.6 Å². The third-order valence-corrected chi connectivity index (χ3v) is 3.78. The standard InChI is InChI=1S/C16H24N2O/c1-12(2)14-7-5-13(6-8-14)10-18-16(19)15-4-3-9-17-11-15/h5-8,12,15,17H,3-4,9-11H2,1-2H3,(H,18,19)/t15-/m0/s1. The van der Waals surface area contributed by atoms with Gasteiger partial charge in [0.25, 0.3) is 0 Å². The van der Waals surface area contributed by atoms with E-state index in [1.807, 2.05) is 0 Å². The first kappa shape index (κ1) is 14.1. The summed E-state index contributed by atoms with van der Waals surface area (Å²) in [6.07, 6.45) is 2.10. The van der Waals surface area contributed by atoms with Gasteiger partial charge in [0.15, 0.2) is 0 Å². The Balaban J connectivity index is 1.82. The predicted octanol–water partition coefficient (Wildman–Crippen LogP) is 2.43. The molecule has 1 aromatic rings. The molecule has 1 amide bonds. The van der Waals surface area contributed by atoms with Gasteiger partial charge in [0.1, 0.15) is 0 Å². The third kappa shape index (κ3) is 4.06. The van der Waals surface area contributed by atoms with Crippen molar-refractivity contribution >= 4 is 5.91 Å². The molecule has 1 heterocycles. The van der Waals surface area contributed by atoms with E-state index >= 15 is 0 Å². The van der Waals surface area contributed by atoms with Crippen molar-refractivity contribution in [3.05, 3.63) is 35.4 Å². The van der Waals surface area contributed by atoms with E-state index in [0.717, 1.165) is 25.9 Å². The average molecular weight is 260 g/mol. The largest absolute Gasteiger partial charge is 0.352 e. The molecule has 1 saturated heterocycles. The number of rotatable bonds is 4. The Hall–Kier alpha value is -1.35. The Morgan fingerprint density at radius 2 is 2.11 bits per heavy atom. The van der Waals surface area contributed by atoms with E-state index in [4.69, 9.17) is 0 Å². The summed E-state index contributed by atoms with van der Waals surface area (Å²) in [5.41, 5.74) is 2.51. The predicted molar refractivity (Wildman–Crippen MR) is 78.0 cm³/mol. The van der Waals surface area contributed by atoms with Gasteiger partial charge in [0, 0.05) is 13.1 Å². The fourth-order valence-corrected chi connectivity index (χ4v) is 2.43. The van der Waals surface area contributed by atoms with Crippen molar-refractivity contribution in [2.75, 3.05) is 13.1 Å². The van der Waals surface area contributed by atoms with E-state index in [9.17, 15) is 4.79 Å². The molecule has 0 saturated carbocycles. The van der Waals surface area contributed by atoms with Crippen molar-refractivity contribution < 1.29 is 4.79 Å². The highest BCUT2D eigenvalue weighted by Crippen LogP contribution is 2.15. The molecular weight excluding hydrogens is 236 g/mol. The molecule has 0 aromatic heterocycles. The van der Waals surface area contributed by atoms with E-state index in [1.54, 1.807) is 0 Å². The Morgan fingerprint density at radius 3 is 2.68 bits per heavy atom. The zero-order chi connectivity index (χ0) is 13.7. The first-order valence-corrected chi connectivity index (χ1v) is 7.24. The lowest BCUT2D eigenvalue weighted by Crippen LogP contribution is -2.40. The zero-order valence-corrected chi connectivity index (χ0v) is 11.9. The minimum Gasteiger partial charge on any atom is -0.352 e. The number of hydrogen-bond donors (Lipinski definition) is 2. The average Bonchev–Trinajstić information content (AvgIpc) is 2.46. The van der Waals surface area contributed by atoms with Gasteiger partial charge >= 0.3 is 0 Å². The summed E-state index contributed by atoms with van der Waals surface area (Å²) in [4.78, 5) is 12.0. The van der Waals surface area contributed by atoms with Gasteiger partial charge in [0.2, 0.25) is 5.91 Å². The van der Waals surface area contributed by atoms with Crippen LogP contribution in [0.4, 0.5) is 0 Å². The van der Waals surface area contributed by atoms with Gasteiger partial charge in [-0.05, 0) is 36.4 Å². The van der Waals surface area contributed by atoms with Crippen LogP contribution in [0.25, 0.3) is 0 Å². The first-order valence-electron chi connectivity index (χ1n) is 7.24. The Morgan fingerprint density at radius 1 is 1.37 bits per heavy atom. The number of piperidine rings is 1. The van der Waals surface area contributed by atoms with Gasteiger partial charge in [0.05, 0.1) is 5.92 Å². The molecule has 1 fully saturated rings. The van der Waals surface area contributed by atoms with Crippen LogP contribution in [-0.2, 0) is 11.3 Å². The van der Waals surface area contributed by atoms with Gasteiger partial charge in [-0.3, -0.25) is 4.79 Å². The molecular formula is C16H24N2O. The van der Waals surface area contributed by atoms with Crippen molar-refractivity contribution in [2.45, 2.75) is 39.2 Å². The van der Waals surface area contributed by atoms with Gasteiger partial charge in [-0.25, -0.2) is 0 Å². The van der Waals surface area contributed by atoms with E-state index < -0.39 is 0 Å². The summed E-state index contributed by atoms with van der Waals surface area (Å²) in [6, 6.07) is 8.51. The number of benzene rings is 1. The van der Waals surface area contributed by atoms with E-state index in [-0.39, 0.29) is 11.8 Å². The van der Waals surface area contributed by atoms with Crippen molar-refractivity contribution in [3.63, 3.8) is 0 Å². The lowest BCUT2D eigenvalue weighted by Gasteiger charge is -2.21. The Bertz CT molecular complexity index is 405. The lowest BCUT2D eigenvalue weighted by molar-refractivity contribution is -0.125. The molecule has 0 radical (unpaired) electrons. The monoisotopic (exact) mass is 260 g/mol. The molecule has 19 heavy (non-hydrogen) atoms. The van der Waals surface area contributed by atoms with Crippen LogP contribution in [0.1, 0.15) is 43.7 Å². The highest BCUT2D eigenvalue weighted by atomic mass is 16.1. The Kier molecular flexibility index (Phi) is 4.97. The van der Waals surface area contributed by atoms with Crippen LogP contribution in [-0.4, -0.2) is 19.0 Å². The molecule has 0 unspecified atom stereocenters. The van der Waals surface area contributed by atoms with Gasteiger partial charge in [-0.2, -0.15) is 0 Å². The number of nitrogens with one attached hydrogen (secondary N) is 2. The second kappa shape index (κ2) is 6.71.